The molecule has 1 N–H and O–H groups in total. The Hall–Kier alpha value is 0.140. The summed E-state index contributed by atoms with van der Waals surface area (Å²) in [5.41, 5.74) is 0. The number of rotatable bonds is 6. The van der Waals surface area contributed by atoms with E-state index in [0.717, 1.165) is 12.5 Å². The summed E-state index contributed by atoms with van der Waals surface area (Å²) >= 11 is 5.45. The molecule has 1 aliphatic carbocycles. The molecule has 1 saturated carbocycles. The Balaban J connectivity index is 1.94. The Morgan fingerprint density at radius 3 is 2.78 bits per heavy atom. The van der Waals surface area contributed by atoms with E-state index in [1.165, 1.54) is 54.3 Å². The fraction of sp³-hybridized carbons (Fsp3) is 0.733. The first-order chi connectivity index (χ1) is 8.79. The predicted octanol–water partition coefficient (Wildman–Crippen LogP) is 5.00. The lowest BCUT2D eigenvalue weighted by Crippen LogP contribution is -2.39. The smallest absolute Gasteiger partial charge is 0.0285 e. The van der Waals surface area contributed by atoms with Crippen molar-refractivity contribution in [3.8, 4) is 0 Å². The molecule has 1 aliphatic rings. The summed E-state index contributed by atoms with van der Waals surface area (Å²) in [6.45, 7) is 3.42. The largest absolute Gasteiger partial charge is 0.313 e. The predicted molar refractivity (Wildman–Crippen MR) is 84.4 cm³/mol. The van der Waals surface area contributed by atoms with E-state index in [0.29, 0.717) is 6.04 Å². The van der Waals surface area contributed by atoms with Gasteiger partial charge in [-0.05, 0) is 60.1 Å². The molecule has 1 aromatic rings. The third kappa shape index (κ3) is 4.36. The molecule has 0 radical (unpaired) electrons. The Labute approximate surface area is 123 Å². The lowest BCUT2D eigenvalue weighted by Gasteiger charge is -2.31. The number of thiophene rings is 1. The second-order valence-corrected chi connectivity index (χ2v) is 7.31. The third-order valence-electron chi connectivity index (χ3n) is 3.92. The maximum absolute atomic E-state index is 3.79. The van der Waals surface area contributed by atoms with Crippen molar-refractivity contribution in [2.24, 2.45) is 5.92 Å². The van der Waals surface area contributed by atoms with Crippen LogP contribution >= 0.6 is 27.3 Å². The Bertz CT molecular complexity index is 344. The minimum atomic E-state index is 0.691. The van der Waals surface area contributed by atoms with Crippen molar-refractivity contribution < 1.29 is 0 Å². The maximum atomic E-state index is 3.79. The zero-order chi connectivity index (χ0) is 12.8. The van der Waals surface area contributed by atoms with Crippen molar-refractivity contribution >= 4 is 27.3 Å². The van der Waals surface area contributed by atoms with E-state index in [2.05, 4.69) is 39.6 Å². The average molecular weight is 330 g/mol. The molecular weight excluding hydrogens is 306 g/mol. The van der Waals surface area contributed by atoms with Crippen LogP contribution in [0.25, 0.3) is 0 Å². The maximum Gasteiger partial charge on any atom is 0.0285 e. The molecule has 0 bridgehead atoms. The van der Waals surface area contributed by atoms with Crippen molar-refractivity contribution in [1.82, 2.24) is 5.32 Å². The van der Waals surface area contributed by atoms with E-state index in [4.69, 9.17) is 0 Å². The molecular formula is C15H24BrNS. The lowest BCUT2D eigenvalue weighted by molar-refractivity contribution is 0.268. The van der Waals surface area contributed by atoms with Crippen LogP contribution in [-0.2, 0) is 6.42 Å². The molecule has 1 atom stereocenters. The molecule has 1 unspecified atom stereocenters. The van der Waals surface area contributed by atoms with Crippen molar-refractivity contribution in [3.05, 3.63) is 20.8 Å². The SMILES string of the molecule is CCCNC(Cc1cc(Br)cs1)C1CCCCC1. The van der Waals surface area contributed by atoms with Crippen LogP contribution in [0.5, 0.6) is 0 Å². The van der Waals surface area contributed by atoms with Crippen LogP contribution in [-0.4, -0.2) is 12.6 Å². The molecule has 0 saturated heterocycles. The van der Waals surface area contributed by atoms with E-state index in [9.17, 15) is 0 Å². The van der Waals surface area contributed by atoms with Gasteiger partial charge in [0.05, 0.1) is 0 Å². The zero-order valence-corrected chi connectivity index (χ0v) is 13.7. The first-order valence-electron chi connectivity index (χ1n) is 7.26. The summed E-state index contributed by atoms with van der Waals surface area (Å²) in [5, 5.41) is 5.99. The van der Waals surface area contributed by atoms with E-state index >= 15 is 0 Å². The molecule has 1 heterocycles. The van der Waals surface area contributed by atoms with Crippen molar-refractivity contribution in [2.75, 3.05) is 6.54 Å². The quantitative estimate of drug-likeness (QED) is 0.774. The van der Waals surface area contributed by atoms with E-state index < -0.39 is 0 Å². The number of halogens is 1. The molecule has 2 rings (SSSR count). The standard InChI is InChI=1S/C15H24BrNS/c1-2-8-17-15(12-6-4-3-5-7-12)10-14-9-13(16)11-18-14/h9,11-12,15,17H,2-8,10H2,1H3. The molecule has 1 aromatic heterocycles. The molecule has 1 fully saturated rings. The summed E-state index contributed by atoms with van der Waals surface area (Å²) in [6, 6.07) is 2.98. The van der Waals surface area contributed by atoms with Gasteiger partial charge in [0.25, 0.3) is 0 Å². The van der Waals surface area contributed by atoms with E-state index in [1.54, 1.807) is 0 Å². The Morgan fingerprint density at radius 2 is 2.17 bits per heavy atom. The molecule has 18 heavy (non-hydrogen) atoms. The lowest BCUT2D eigenvalue weighted by atomic mass is 9.82. The van der Waals surface area contributed by atoms with E-state index in [-0.39, 0.29) is 0 Å². The first-order valence-corrected chi connectivity index (χ1v) is 8.93. The van der Waals surface area contributed by atoms with Gasteiger partial charge in [-0.2, -0.15) is 0 Å². The summed E-state index contributed by atoms with van der Waals surface area (Å²) in [7, 11) is 0. The van der Waals surface area contributed by atoms with Gasteiger partial charge in [-0.1, -0.05) is 26.2 Å². The van der Waals surface area contributed by atoms with Crippen molar-refractivity contribution in [2.45, 2.75) is 57.9 Å². The van der Waals surface area contributed by atoms with Gasteiger partial charge in [0, 0.05) is 20.8 Å². The molecule has 1 nitrogen and oxygen atoms in total. The monoisotopic (exact) mass is 329 g/mol. The zero-order valence-electron chi connectivity index (χ0n) is 11.3. The highest BCUT2D eigenvalue weighted by Crippen LogP contribution is 2.30. The Morgan fingerprint density at radius 1 is 1.39 bits per heavy atom. The first kappa shape index (κ1) is 14.5. The number of hydrogen-bond acceptors (Lipinski definition) is 2. The summed E-state index contributed by atoms with van der Waals surface area (Å²) in [5.74, 6) is 0.895. The highest BCUT2D eigenvalue weighted by atomic mass is 79.9. The van der Waals surface area contributed by atoms with Crippen molar-refractivity contribution in [3.63, 3.8) is 0 Å². The highest BCUT2D eigenvalue weighted by molar-refractivity contribution is 9.10. The molecule has 0 aliphatic heterocycles. The normalized spacial score (nSPS) is 19.0. The van der Waals surface area contributed by atoms with Gasteiger partial charge >= 0.3 is 0 Å². The summed E-state index contributed by atoms with van der Waals surface area (Å²) in [6.07, 6.45) is 9.61. The van der Waals surface area contributed by atoms with Gasteiger partial charge in [-0.3, -0.25) is 0 Å². The topological polar surface area (TPSA) is 12.0 Å². The average Bonchev–Trinajstić information content (AvgIpc) is 2.81. The molecule has 3 heteroatoms. The summed E-state index contributed by atoms with van der Waals surface area (Å²) in [4.78, 5) is 1.51. The van der Waals surface area contributed by atoms with Gasteiger partial charge in [-0.25, -0.2) is 0 Å². The second kappa shape index (κ2) is 7.66. The van der Waals surface area contributed by atoms with Gasteiger partial charge < -0.3 is 5.32 Å². The van der Waals surface area contributed by atoms with Crippen molar-refractivity contribution in [1.29, 1.82) is 0 Å². The van der Waals surface area contributed by atoms with Gasteiger partial charge in [0.1, 0.15) is 0 Å². The van der Waals surface area contributed by atoms with Crippen LogP contribution in [0.4, 0.5) is 0 Å². The van der Waals surface area contributed by atoms with Crippen LogP contribution in [0.1, 0.15) is 50.3 Å². The second-order valence-electron chi connectivity index (χ2n) is 5.39. The fourth-order valence-corrected chi connectivity index (χ4v) is 4.46. The van der Waals surface area contributed by atoms with E-state index in [1.807, 2.05) is 11.3 Å². The molecule has 0 spiro atoms. The van der Waals surface area contributed by atoms with Crippen LogP contribution in [0.3, 0.4) is 0 Å². The van der Waals surface area contributed by atoms with Gasteiger partial charge in [0.2, 0.25) is 0 Å². The third-order valence-corrected chi connectivity index (χ3v) is 5.64. The number of nitrogens with one attached hydrogen (secondary N) is 1. The minimum Gasteiger partial charge on any atom is -0.313 e. The fourth-order valence-electron chi connectivity index (χ4n) is 2.95. The van der Waals surface area contributed by atoms with Gasteiger partial charge in [-0.15, -0.1) is 11.3 Å². The molecule has 102 valence electrons. The molecule has 0 aromatic carbocycles. The number of hydrogen-bond donors (Lipinski definition) is 1. The Kier molecular flexibility index (Phi) is 6.19. The van der Waals surface area contributed by atoms with Crippen LogP contribution in [0, 0.1) is 5.92 Å². The molecule has 0 amide bonds. The van der Waals surface area contributed by atoms with Crippen LogP contribution < -0.4 is 5.32 Å². The summed E-state index contributed by atoms with van der Waals surface area (Å²) < 4.78 is 1.24. The van der Waals surface area contributed by atoms with Gasteiger partial charge in [0.15, 0.2) is 0 Å². The van der Waals surface area contributed by atoms with Crippen LogP contribution in [0.15, 0.2) is 15.9 Å². The minimum absolute atomic E-state index is 0.691. The highest BCUT2D eigenvalue weighted by Gasteiger charge is 2.23. The van der Waals surface area contributed by atoms with Crippen LogP contribution in [0.2, 0.25) is 0 Å².